The number of carbonyl (C=O) groups excluding carboxylic acids is 2. The monoisotopic (exact) mass is 493 g/mol. The maximum Gasteiger partial charge on any atom is 0.416 e. The summed E-state index contributed by atoms with van der Waals surface area (Å²) in [6, 6.07) is 4.30. The number of benzene rings is 1. The molecule has 0 aliphatic carbocycles. The van der Waals surface area contributed by atoms with E-state index in [1.165, 1.54) is 6.07 Å². The first-order valence-corrected chi connectivity index (χ1v) is 12.7. The van der Waals surface area contributed by atoms with Gasteiger partial charge in [0, 0.05) is 45.1 Å². The second-order valence-corrected chi connectivity index (χ2v) is 10.8. The number of nitrogens with zero attached hydrogens (tertiary/aromatic N) is 3. The van der Waals surface area contributed by atoms with E-state index in [1.807, 2.05) is 0 Å². The Morgan fingerprint density at radius 2 is 1.74 bits per heavy atom. The summed E-state index contributed by atoms with van der Waals surface area (Å²) < 4.78 is 45.7. The second kappa shape index (κ2) is 9.07. The molecule has 1 aromatic carbocycles. The Balaban J connectivity index is 1.31. The van der Waals surface area contributed by atoms with Crippen molar-refractivity contribution in [2.45, 2.75) is 63.4 Å². The predicted molar refractivity (Wildman–Crippen MR) is 123 cm³/mol. The Labute approximate surface area is 204 Å². The molecule has 5 rings (SSSR count). The van der Waals surface area contributed by atoms with Gasteiger partial charge in [-0.2, -0.15) is 13.2 Å². The Kier molecular flexibility index (Phi) is 6.36. The summed E-state index contributed by atoms with van der Waals surface area (Å²) in [6.45, 7) is 6.05. The molecule has 1 aromatic rings. The van der Waals surface area contributed by atoms with Crippen LogP contribution in [-0.4, -0.2) is 78.0 Å². The van der Waals surface area contributed by atoms with E-state index in [0.29, 0.717) is 37.4 Å². The molecule has 0 saturated carbocycles. The van der Waals surface area contributed by atoms with Crippen molar-refractivity contribution in [3.63, 3.8) is 0 Å². The highest BCUT2D eigenvalue weighted by molar-refractivity contribution is 5.89. The minimum atomic E-state index is -4.42. The summed E-state index contributed by atoms with van der Waals surface area (Å²) in [5, 5.41) is 0. The third kappa shape index (κ3) is 4.57. The number of carbonyl (C=O) groups is 2. The lowest BCUT2D eigenvalue weighted by atomic mass is 9.74. The molecule has 1 amide bonds. The van der Waals surface area contributed by atoms with E-state index in [1.54, 1.807) is 11.8 Å². The van der Waals surface area contributed by atoms with Gasteiger partial charge in [-0.05, 0) is 62.7 Å². The summed E-state index contributed by atoms with van der Waals surface area (Å²) in [7, 11) is 2.14. The minimum absolute atomic E-state index is 0.132. The number of ether oxygens (including phenoxy) is 1. The molecule has 2 unspecified atom stereocenters. The molecule has 4 heterocycles. The molecule has 35 heavy (non-hydrogen) atoms. The first-order chi connectivity index (χ1) is 16.6. The average molecular weight is 494 g/mol. The van der Waals surface area contributed by atoms with Crippen molar-refractivity contribution in [2.24, 2.45) is 11.8 Å². The van der Waals surface area contributed by atoms with Crippen LogP contribution in [0.1, 0.15) is 49.3 Å². The zero-order chi connectivity index (χ0) is 25.0. The first kappa shape index (κ1) is 24.6. The van der Waals surface area contributed by atoms with Crippen molar-refractivity contribution in [3.8, 4) is 0 Å². The van der Waals surface area contributed by atoms with Crippen molar-refractivity contribution in [2.75, 3.05) is 39.8 Å². The van der Waals surface area contributed by atoms with E-state index in [0.717, 1.165) is 56.7 Å². The number of hydrogen-bond acceptors (Lipinski definition) is 5. The quantitative estimate of drug-likeness (QED) is 0.592. The molecule has 3 fully saturated rings. The van der Waals surface area contributed by atoms with Crippen LogP contribution in [-0.2, 0) is 33.5 Å². The average Bonchev–Trinajstić information content (AvgIpc) is 3.07. The maximum atomic E-state index is 13.8. The summed E-state index contributed by atoms with van der Waals surface area (Å²) in [4.78, 5) is 32.9. The molecule has 4 aliphatic rings. The first-order valence-electron chi connectivity index (χ1n) is 12.7. The molecular formula is C26H34F3N3O3. The fourth-order valence-electron chi connectivity index (χ4n) is 6.55. The van der Waals surface area contributed by atoms with Crippen LogP contribution in [0.3, 0.4) is 0 Å². The van der Waals surface area contributed by atoms with E-state index in [-0.39, 0.29) is 18.4 Å². The number of fused-ring (bicyclic) bond motifs is 1. The van der Waals surface area contributed by atoms with Crippen molar-refractivity contribution >= 4 is 11.9 Å². The van der Waals surface area contributed by atoms with Gasteiger partial charge in [-0.3, -0.25) is 14.5 Å². The van der Waals surface area contributed by atoms with Crippen molar-refractivity contribution in [1.29, 1.82) is 0 Å². The lowest BCUT2D eigenvalue weighted by Crippen LogP contribution is -2.56. The van der Waals surface area contributed by atoms with Gasteiger partial charge in [0.15, 0.2) is 0 Å². The normalized spacial score (nSPS) is 28.3. The minimum Gasteiger partial charge on any atom is -0.458 e. The van der Waals surface area contributed by atoms with E-state index >= 15 is 0 Å². The Bertz CT molecular complexity index is 982. The third-order valence-corrected chi connectivity index (χ3v) is 8.71. The van der Waals surface area contributed by atoms with Crippen LogP contribution < -0.4 is 0 Å². The largest absolute Gasteiger partial charge is 0.458 e. The Morgan fingerprint density at radius 1 is 1.06 bits per heavy atom. The molecule has 0 bridgehead atoms. The van der Waals surface area contributed by atoms with Crippen molar-refractivity contribution in [3.05, 3.63) is 34.9 Å². The van der Waals surface area contributed by atoms with Crippen molar-refractivity contribution < 1.29 is 27.5 Å². The van der Waals surface area contributed by atoms with E-state index < -0.39 is 29.2 Å². The lowest BCUT2D eigenvalue weighted by molar-refractivity contribution is -0.158. The number of hydrogen-bond donors (Lipinski definition) is 0. The SMILES string of the molecule is CC1C(=O)OC2(CCN(C3CCN(C)CC3)CC2)C1C(=O)N1CCc2ccc(C(F)(F)F)cc2C1. The van der Waals surface area contributed by atoms with Gasteiger partial charge in [0.05, 0.1) is 17.4 Å². The van der Waals surface area contributed by atoms with Crippen LogP contribution in [0, 0.1) is 11.8 Å². The van der Waals surface area contributed by atoms with Gasteiger partial charge in [-0.25, -0.2) is 0 Å². The van der Waals surface area contributed by atoms with Gasteiger partial charge in [0.25, 0.3) is 0 Å². The number of piperidine rings is 2. The fourth-order valence-corrected chi connectivity index (χ4v) is 6.55. The Morgan fingerprint density at radius 3 is 2.40 bits per heavy atom. The molecule has 1 spiro atoms. The zero-order valence-corrected chi connectivity index (χ0v) is 20.4. The highest BCUT2D eigenvalue weighted by atomic mass is 19.4. The standard InChI is InChI=1S/C26H34F3N3O3/c1-17-22(23(33)32-12-5-18-3-4-20(26(27,28)29)15-19(18)16-32)25(35-24(17)34)8-13-31(14-9-25)21-6-10-30(2)11-7-21/h3-4,15,17,21-22H,5-14,16H2,1-2H3. The summed E-state index contributed by atoms with van der Waals surface area (Å²) >= 11 is 0. The molecule has 4 aliphatic heterocycles. The summed E-state index contributed by atoms with van der Waals surface area (Å²) in [5.74, 6) is -1.66. The van der Waals surface area contributed by atoms with E-state index in [2.05, 4.69) is 16.8 Å². The number of halogens is 3. The molecule has 0 radical (unpaired) electrons. The Hall–Kier alpha value is -2.13. The molecule has 192 valence electrons. The smallest absolute Gasteiger partial charge is 0.416 e. The van der Waals surface area contributed by atoms with E-state index in [9.17, 15) is 22.8 Å². The summed E-state index contributed by atoms with van der Waals surface area (Å²) in [5.41, 5.74) is -0.140. The summed E-state index contributed by atoms with van der Waals surface area (Å²) in [6.07, 6.45) is -0.438. The highest BCUT2D eigenvalue weighted by Crippen LogP contribution is 2.46. The van der Waals surface area contributed by atoms with Crippen LogP contribution >= 0.6 is 0 Å². The maximum absolute atomic E-state index is 13.8. The number of esters is 1. The van der Waals surface area contributed by atoms with Gasteiger partial charge in [-0.1, -0.05) is 13.0 Å². The van der Waals surface area contributed by atoms with Crippen molar-refractivity contribution in [1.82, 2.24) is 14.7 Å². The molecule has 6 nitrogen and oxygen atoms in total. The zero-order valence-electron chi connectivity index (χ0n) is 20.4. The van der Waals surface area contributed by atoms with Crippen LogP contribution in [0.2, 0.25) is 0 Å². The molecule has 0 aromatic heterocycles. The van der Waals surface area contributed by atoms with Crippen LogP contribution in [0.25, 0.3) is 0 Å². The predicted octanol–water partition coefficient (Wildman–Crippen LogP) is 3.33. The van der Waals surface area contributed by atoms with Gasteiger partial charge in [-0.15, -0.1) is 0 Å². The molecule has 3 saturated heterocycles. The number of alkyl halides is 3. The number of rotatable bonds is 2. The van der Waals surface area contributed by atoms with Crippen LogP contribution in [0.15, 0.2) is 18.2 Å². The second-order valence-electron chi connectivity index (χ2n) is 10.8. The van der Waals surface area contributed by atoms with Gasteiger partial charge < -0.3 is 14.5 Å². The van der Waals surface area contributed by atoms with Crippen LogP contribution in [0.4, 0.5) is 13.2 Å². The number of likely N-dealkylation sites (tertiary alicyclic amines) is 2. The molecule has 9 heteroatoms. The highest BCUT2D eigenvalue weighted by Gasteiger charge is 2.59. The fraction of sp³-hybridized carbons (Fsp3) is 0.692. The van der Waals surface area contributed by atoms with Crippen LogP contribution in [0.5, 0.6) is 0 Å². The number of amides is 1. The lowest BCUT2D eigenvalue weighted by Gasteiger charge is -2.46. The molecule has 2 atom stereocenters. The topological polar surface area (TPSA) is 53.1 Å². The van der Waals surface area contributed by atoms with Gasteiger partial charge >= 0.3 is 12.1 Å². The molecular weight excluding hydrogens is 459 g/mol. The molecule has 0 N–H and O–H groups in total. The van der Waals surface area contributed by atoms with E-state index in [4.69, 9.17) is 4.74 Å². The van der Waals surface area contributed by atoms with Gasteiger partial charge in [0.2, 0.25) is 5.91 Å². The third-order valence-electron chi connectivity index (χ3n) is 8.71. The van der Waals surface area contributed by atoms with Gasteiger partial charge in [0.1, 0.15) is 5.60 Å².